The van der Waals surface area contributed by atoms with E-state index in [1.54, 1.807) is 18.2 Å². The number of carbonyl (C=O) groups excluding carboxylic acids is 1. The number of aromatic nitrogens is 1. The van der Waals surface area contributed by atoms with Crippen molar-refractivity contribution in [2.45, 2.75) is 0 Å². The molecule has 5 nitrogen and oxygen atoms in total. The number of nitrogens with two attached hydrogens (primary N) is 2. The zero-order chi connectivity index (χ0) is 10.1. The molecule has 2 rings (SSSR count). The van der Waals surface area contributed by atoms with Crippen LogP contribution in [0.25, 0.3) is 10.2 Å². The van der Waals surface area contributed by atoms with Crippen molar-refractivity contribution in [3.05, 3.63) is 23.8 Å². The van der Waals surface area contributed by atoms with Crippen molar-refractivity contribution >= 4 is 32.6 Å². The van der Waals surface area contributed by atoms with E-state index in [0.717, 1.165) is 10.2 Å². The predicted octanol–water partition coefficient (Wildman–Crippen LogP) is 0.681. The lowest BCUT2D eigenvalue weighted by Crippen LogP contribution is -2.10. The second-order valence-corrected chi connectivity index (χ2v) is 3.74. The number of amides is 1. The molecule has 0 aliphatic rings. The number of thiazole rings is 1. The number of nitrogen functional groups attached to an aromatic ring is 1. The fourth-order valence-electron chi connectivity index (χ4n) is 1.14. The first-order valence-electron chi connectivity index (χ1n) is 3.87. The number of carbonyl (C=O) groups is 1. The number of fused-ring (bicyclic) bond motifs is 1. The standard InChI is InChI=1S/C8H8N4OS/c9-7(13)4-1-2-5-6(3-4)14-8(11-5)12-10/h1-3H,10H2,(H2,9,13)(H,11,12). The highest BCUT2D eigenvalue weighted by molar-refractivity contribution is 7.22. The van der Waals surface area contributed by atoms with Gasteiger partial charge in [0.1, 0.15) is 0 Å². The minimum Gasteiger partial charge on any atom is -0.366 e. The molecule has 1 heterocycles. The van der Waals surface area contributed by atoms with E-state index in [9.17, 15) is 4.79 Å². The van der Waals surface area contributed by atoms with Crippen LogP contribution in [0.1, 0.15) is 10.4 Å². The van der Waals surface area contributed by atoms with Crippen molar-refractivity contribution in [1.29, 1.82) is 0 Å². The average molecular weight is 208 g/mol. The van der Waals surface area contributed by atoms with Gasteiger partial charge in [0, 0.05) is 5.56 Å². The second kappa shape index (κ2) is 3.24. The molecule has 1 aromatic carbocycles. The molecule has 14 heavy (non-hydrogen) atoms. The van der Waals surface area contributed by atoms with Crippen molar-refractivity contribution in [1.82, 2.24) is 4.98 Å². The lowest BCUT2D eigenvalue weighted by molar-refractivity contribution is 0.100. The van der Waals surface area contributed by atoms with Gasteiger partial charge in [-0.05, 0) is 18.2 Å². The maximum atomic E-state index is 10.9. The lowest BCUT2D eigenvalue weighted by atomic mass is 10.2. The summed E-state index contributed by atoms with van der Waals surface area (Å²) in [5.74, 6) is 4.78. The fourth-order valence-corrected chi connectivity index (χ4v) is 1.95. The van der Waals surface area contributed by atoms with Gasteiger partial charge in [-0.3, -0.25) is 10.2 Å². The molecule has 0 atom stereocenters. The van der Waals surface area contributed by atoms with Crippen LogP contribution in [-0.2, 0) is 0 Å². The first kappa shape index (κ1) is 8.92. The van der Waals surface area contributed by atoms with Crippen LogP contribution in [0.3, 0.4) is 0 Å². The first-order chi connectivity index (χ1) is 6.70. The Morgan fingerprint density at radius 1 is 1.50 bits per heavy atom. The van der Waals surface area contributed by atoms with E-state index >= 15 is 0 Å². The van der Waals surface area contributed by atoms with E-state index in [1.165, 1.54) is 11.3 Å². The molecule has 72 valence electrons. The van der Waals surface area contributed by atoms with Crippen LogP contribution in [0.2, 0.25) is 0 Å². The molecule has 0 unspecified atom stereocenters. The number of anilines is 1. The molecule has 0 saturated carbocycles. The molecule has 1 aromatic heterocycles. The molecule has 0 saturated heterocycles. The molecule has 0 spiro atoms. The van der Waals surface area contributed by atoms with E-state index in [2.05, 4.69) is 10.4 Å². The van der Waals surface area contributed by atoms with Crippen LogP contribution < -0.4 is 17.0 Å². The van der Waals surface area contributed by atoms with Gasteiger partial charge >= 0.3 is 0 Å². The number of benzene rings is 1. The van der Waals surface area contributed by atoms with Gasteiger partial charge in [0.15, 0.2) is 5.13 Å². The Labute approximate surface area is 83.7 Å². The quantitative estimate of drug-likeness (QED) is 0.499. The Hall–Kier alpha value is -1.66. The highest BCUT2D eigenvalue weighted by Crippen LogP contribution is 2.25. The van der Waals surface area contributed by atoms with Crippen molar-refractivity contribution in [3.8, 4) is 0 Å². The summed E-state index contributed by atoms with van der Waals surface area (Å²) in [6, 6.07) is 5.09. The van der Waals surface area contributed by atoms with Crippen molar-refractivity contribution < 1.29 is 4.79 Å². The Kier molecular flexibility index (Phi) is 2.06. The number of nitrogens with one attached hydrogen (secondary N) is 1. The van der Waals surface area contributed by atoms with E-state index in [1.807, 2.05) is 0 Å². The summed E-state index contributed by atoms with van der Waals surface area (Å²) in [5, 5.41) is 0.613. The lowest BCUT2D eigenvalue weighted by Gasteiger charge is -1.92. The second-order valence-electron chi connectivity index (χ2n) is 2.71. The van der Waals surface area contributed by atoms with Gasteiger partial charge in [-0.1, -0.05) is 11.3 Å². The SMILES string of the molecule is NNc1nc2ccc(C(N)=O)cc2s1. The molecule has 6 heteroatoms. The van der Waals surface area contributed by atoms with Gasteiger partial charge in [0.05, 0.1) is 10.2 Å². The highest BCUT2D eigenvalue weighted by atomic mass is 32.1. The summed E-state index contributed by atoms with van der Waals surface area (Å²) in [4.78, 5) is 15.0. The summed E-state index contributed by atoms with van der Waals surface area (Å²) in [6.45, 7) is 0. The average Bonchev–Trinajstić information content (AvgIpc) is 2.58. The van der Waals surface area contributed by atoms with Gasteiger partial charge in [-0.2, -0.15) is 0 Å². The third-order valence-corrected chi connectivity index (χ3v) is 2.75. The zero-order valence-corrected chi connectivity index (χ0v) is 7.97. The van der Waals surface area contributed by atoms with E-state index in [4.69, 9.17) is 11.6 Å². The van der Waals surface area contributed by atoms with Crippen molar-refractivity contribution in [3.63, 3.8) is 0 Å². The number of hydrogen-bond donors (Lipinski definition) is 3. The van der Waals surface area contributed by atoms with Crippen molar-refractivity contribution in [2.24, 2.45) is 11.6 Å². The van der Waals surface area contributed by atoms with Crippen molar-refractivity contribution in [2.75, 3.05) is 5.43 Å². The largest absolute Gasteiger partial charge is 0.366 e. The predicted molar refractivity (Wildman–Crippen MR) is 55.9 cm³/mol. The maximum absolute atomic E-state index is 10.9. The van der Waals surface area contributed by atoms with Gasteiger partial charge in [-0.15, -0.1) is 0 Å². The summed E-state index contributed by atoms with van der Waals surface area (Å²) in [5.41, 5.74) is 8.88. The Morgan fingerprint density at radius 3 is 2.93 bits per heavy atom. The summed E-state index contributed by atoms with van der Waals surface area (Å²) in [7, 11) is 0. The van der Waals surface area contributed by atoms with E-state index in [0.29, 0.717) is 10.7 Å². The molecule has 5 N–H and O–H groups in total. The third-order valence-electron chi connectivity index (χ3n) is 1.80. The van der Waals surface area contributed by atoms with Crippen LogP contribution in [0.4, 0.5) is 5.13 Å². The molecule has 0 bridgehead atoms. The zero-order valence-electron chi connectivity index (χ0n) is 7.15. The monoisotopic (exact) mass is 208 g/mol. The van der Waals surface area contributed by atoms with Crippen LogP contribution >= 0.6 is 11.3 Å². The topological polar surface area (TPSA) is 94.0 Å². The summed E-state index contributed by atoms with van der Waals surface area (Å²) >= 11 is 1.37. The Bertz CT molecular complexity index is 493. The number of primary amides is 1. The smallest absolute Gasteiger partial charge is 0.248 e. The minimum absolute atomic E-state index is 0.442. The van der Waals surface area contributed by atoms with Crippen LogP contribution in [0.15, 0.2) is 18.2 Å². The fraction of sp³-hybridized carbons (Fsp3) is 0. The molecule has 0 aliphatic carbocycles. The van der Waals surface area contributed by atoms with Crippen LogP contribution in [0.5, 0.6) is 0 Å². The third kappa shape index (κ3) is 1.40. The Balaban J connectivity index is 2.59. The minimum atomic E-state index is -0.442. The van der Waals surface area contributed by atoms with Gasteiger partial charge in [-0.25, -0.2) is 10.8 Å². The summed E-state index contributed by atoms with van der Waals surface area (Å²) in [6.07, 6.45) is 0. The van der Waals surface area contributed by atoms with Gasteiger partial charge < -0.3 is 5.73 Å². The molecule has 0 aliphatic heterocycles. The molecule has 0 fully saturated rings. The molecule has 0 radical (unpaired) electrons. The molecular weight excluding hydrogens is 200 g/mol. The number of rotatable bonds is 2. The van der Waals surface area contributed by atoms with Crippen LogP contribution in [-0.4, -0.2) is 10.9 Å². The summed E-state index contributed by atoms with van der Waals surface area (Å²) < 4.78 is 0.884. The Morgan fingerprint density at radius 2 is 2.29 bits per heavy atom. The van der Waals surface area contributed by atoms with Crippen LogP contribution in [0, 0.1) is 0 Å². The first-order valence-corrected chi connectivity index (χ1v) is 4.69. The highest BCUT2D eigenvalue weighted by Gasteiger charge is 2.05. The molecule has 2 aromatic rings. The normalized spacial score (nSPS) is 10.4. The number of hydrazine groups is 1. The number of hydrogen-bond acceptors (Lipinski definition) is 5. The molecular formula is C8H8N4OS. The van der Waals surface area contributed by atoms with E-state index < -0.39 is 5.91 Å². The van der Waals surface area contributed by atoms with Gasteiger partial charge in [0.2, 0.25) is 5.91 Å². The van der Waals surface area contributed by atoms with E-state index in [-0.39, 0.29) is 0 Å². The molecule has 1 amide bonds. The number of nitrogens with zero attached hydrogens (tertiary/aromatic N) is 1. The van der Waals surface area contributed by atoms with Gasteiger partial charge in [0.25, 0.3) is 0 Å². The maximum Gasteiger partial charge on any atom is 0.248 e.